The zero-order valence-corrected chi connectivity index (χ0v) is 11.7. The molecule has 0 spiro atoms. The largest absolute Gasteiger partial charge is 0.399 e. The third kappa shape index (κ3) is 2.48. The van der Waals surface area contributed by atoms with Gasteiger partial charge in [-0.2, -0.15) is 0 Å². The number of aromatic amines is 1. The number of pyridine rings is 1. The van der Waals surface area contributed by atoms with Gasteiger partial charge in [0.25, 0.3) is 5.56 Å². The molecule has 0 atom stereocenters. The lowest BCUT2D eigenvalue weighted by Crippen LogP contribution is -2.09. The van der Waals surface area contributed by atoms with Crippen LogP contribution in [0.5, 0.6) is 0 Å². The van der Waals surface area contributed by atoms with E-state index in [1.807, 2.05) is 0 Å². The van der Waals surface area contributed by atoms with Crippen molar-refractivity contribution in [3.8, 4) is 0 Å². The van der Waals surface area contributed by atoms with Gasteiger partial charge < -0.3 is 10.7 Å². The van der Waals surface area contributed by atoms with Crippen molar-refractivity contribution >= 4 is 40.0 Å². The van der Waals surface area contributed by atoms with E-state index in [9.17, 15) is 4.79 Å². The molecule has 3 aromatic rings. The van der Waals surface area contributed by atoms with Gasteiger partial charge in [0.1, 0.15) is 5.03 Å². The minimum Gasteiger partial charge on any atom is -0.399 e. The van der Waals surface area contributed by atoms with Crippen LogP contribution >= 0.6 is 23.4 Å². The summed E-state index contributed by atoms with van der Waals surface area (Å²) in [6.45, 7) is 0. The van der Waals surface area contributed by atoms with Gasteiger partial charge in [-0.3, -0.25) is 4.79 Å². The highest BCUT2D eigenvalue weighted by atomic mass is 35.5. The zero-order chi connectivity index (χ0) is 14.1. The lowest BCUT2D eigenvalue weighted by atomic mass is 10.2. The van der Waals surface area contributed by atoms with E-state index >= 15 is 0 Å². The number of aromatic nitrogens is 3. The number of rotatable bonds is 2. The molecule has 3 N–H and O–H groups in total. The fourth-order valence-electron chi connectivity index (χ4n) is 1.72. The third-order valence-corrected chi connectivity index (χ3v) is 3.95. The Morgan fingerprint density at radius 3 is 2.95 bits per heavy atom. The number of hydrogen-bond acceptors (Lipinski definition) is 5. The first kappa shape index (κ1) is 13.0. The molecule has 0 aliphatic rings. The second-order valence-corrected chi connectivity index (χ2v) is 5.42. The molecule has 20 heavy (non-hydrogen) atoms. The smallest absolute Gasteiger partial charge is 0.259 e. The monoisotopic (exact) mass is 304 g/mol. The maximum atomic E-state index is 12.0. The Morgan fingerprint density at radius 2 is 2.15 bits per heavy atom. The molecular weight excluding hydrogens is 296 g/mol. The van der Waals surface area contributed by atoms with E-state index in [-0.39, 0.29) is 5.56 Å². The summed E-state index contributed by atoms with van der Waals surface area (Å²) in [4.78, 5) is 23.2. The van der Waals surface area contributed by atoms with Gasteiger partial charge in [0.05, 0.1) is 15.9 Å². The highest BCUT2D eigenvalue weighted by molar-refractivity contribution is 7.99. The number of benzene rings is 1. The Bertz CT molecular complexity index is 849. The molecule has 0 aliphatic carbocycles. The van der Waals surface area contributed by atoms with Gasteiger partial charge >= 0.3 is 0 Å². The van der Waals surface area contributed by atoms with Crippen LogP contribution in [0.15, 0.2) is 51.5 Å². The number of nitrogens with zero attached hydrogens (tertiary/aromatic N) is 2. The SMILES string of the molecule is Nc1ccc2nc(Sc3ncccc3Cl)[nH]c(=O)c2c1. The van der Waals surface area contributed by atoms with Crippen molar-refractivity contribution in [2.45, 2.75) is 10.2 Å². The Balaban J connectivity index is 2.08. The topological polar surface area (TPSA) is 84.7 Å². The molecule has 0 amide bonds. The molecule has 3 rings (SSSR count). The van der Waals surface area contributed by atoms with E-state index < -0.39 is 0 Å². The molecule has 0 radical (unpaired) electrons. The Hall–Kier alpha value is -2.05. The first-order chi connectivity index (χ1) is 9.63. The summed E-state index contributed by atoms with van der Waals surface area (Å²) >= 11 is 7.24. The minimum absolute atomic E-state index is 0.239. The molecule has 2 heterocycles. The van der Waals surface area contributed by atoms with E-state index in [0.29, 0.717) is 31.8 Å². The fraction of sp³-hybridized carbons (Fsp3) is 0. The highest BCUT2D eigenvalue weighted by Crippen LogP contribution is 2.28. The van der Waals surface area contributed by atoms with Crippen LogP contribution in [-0.2, 0) is 0 Å². The molecule has 100 valence electrons. The van der Waals surface area contributed by atoms with Gasteiger partial charge in [0, 0.05) is 11.9 Å². The van der Waals surface area contributed by atoms with Crippen molar-refractivity contribution in [3.05, 3.63) is 51.9 Å². The Labute approximate surface area is 123 Å². The van der Waals surface area contributed by atoms with Gasteiger partial charge in [-0.25, -0.2) is 9.97 Å². The molecule has 0 saturated carbocycles. The average Bonchev–Trinajstić information content (AvgIpc) is 2.42. The van der Waals surface area contributed by atoms with Crippen molar-refractivity contribution in [2.24, 2.45) is 0 Å². The average molecular weight is 305 g/mol. The lowest BCUT2D eigenvalue weighted by Gasteiger charge is -2.04. The van der Waals surface area contributed by atoms with Gasteiger partial charge in [0.15, 0.2) is 5.16 Å². The zero-order valence-electron chi connectivity index (χ0n) is 10.1. The number of H-pyrrole nitrogens is 1. The molecule has 5 nitrogen and oxygen atoms in total. The first-order valence-corrected chi connectivity index (χ1v) is 6.91. The van der Waals surface area contributed by atoms with Gasteiger partial charge in [-0.1, -0.05) is 11.6 Å². The molecule has 1 aromatic carbocycles. The number of halogens is 1. The van der Waals surface area contributed by atoms with Crippen LogP contribution in [0.4, 0.5) is 5.69 Å². The highest BCUT2D eigenvalue weighted by Gasteiger charge is 2.08. The Kier molecular flexibility index (Phi) is 3.33. The van der Waals surface area contributed by atoms with E-state index in [0.717, 1.165) is 0 Å². The van der Waals surface area contributed by atoms with Gasteiger partial charge in [-0.05, 0) is 42.1 Å². The molecule has 0 saturated heterocycles. The second kappa shape index (κ2) is 5.15. The second-order valence-electron chi connectivity index (χ2n) is 4.04. The van der Waals surface area contributed by atoms with Crippen molar-refractivity contribution in [2.75, 3.05) is 5.73 Å². The lowest BCUT2D eigenvalue weighted by molar-refractivity contribution is 0.967. The maximum absolute atomic E-state index is 12.0. The summed E-state index contributed by atoms with van der Waals surface area (Å²) in [5.74, 6) is 0. The predicted octanol–water partition coefficient (Wildman–Crippen LogP) is 2.70. The van der Waals surface area contributed by atoms with E-state index in [2.05, 4.69) is 15.0 Å². The maximum Gasteiger partial charge on any atom is 0.259 e. The molecule has 0 bridgehead atoms. The number of nitrogen functional groups attached to an aromatic ring is 1. The van der Waals surface area contributed by atoms with E-state index in [1.165, 1.54) is 11.8 Å². The molecule has 7 heteroatoms. The molecule has 0 aliphatic heterocycles. The van der Waals surface area contributed by atoms with Crippen molar-refractivity contribution in [1.82, 2.24) is 15.0 Å². The van der Waals surface area contributed by atoms with Crippen LogP contribution in [-0.4, -0.2) is 15.0 Å². The summed E-state index contributed by atoms with van der Waals surface area (Å²) in [5.41, 5.74) is 6.53. The summed E-state index contributed by atoms with van der Waals surface area (Å²) in [6, 6.07) is 8.49. The summed E-state index contributed by atoms with van der Waals surface area (Å²) in [6.07, 6.45) is 1.63. The van der Waals surface area contributed by atoms with Gasteiger partial charge in [0.2, 0.25) is 0 Å². The molecular formula is C13H9ClN4OS. The number of nitrogens with one attached hydrogen (secondary N) is 1. The molecule has 0 unspecified atom stereocenters. The number of fused-ring (bicyclic) bond motifs is 1. The normalized spacial score (nSPS) is 10.8. The van der Waals surface area contributed by atoms with Crippen molar-refractivity contribution in [1.29, 1.82) is 0 Å². The van der Waals surface area contributed by atoms with Crippen LogP contribution in [0.25, 0.3) is 10.9 Å². The van der Waals surface area contributed by atoms with Crippen molar-refractivity contribution < 1.29 is 0 Å². The van der Waals surface area contributed by atoms with E-state index in [1.54, 1.807) is 36.5 Å². The summed E-state index contributed by atoms with van der Waals surface area (Å²) in [5, 5.41) is 2.00. The van der Waals surface area contributed by atoms with E-state index in [4.69, 9.17) is 17.3 Å². The van der Waals surface area contributed by atoms with Crippen LogP contribution in [0, 0.1) is 0 Å². The molecule has 2 aromatic heterocycles. The first-order valence-electron chi connectivity index (χ1n) is 5.71. The number of anilines is 1. The molecule has 0 fully saturated rings. The third-order valence-electron chi connectivity index (χ3n) is 2.63. The van der Waals surface area contributed by atoms with Crippen LogP contribution in [0.3, 0.4) is 0 Å². The number of hydrogen-bond donors (Lipinski definition) is 2. The summed E-state index contributed by atoms with van der Waals surface area (Å²) in [7, 11) is 0. The van der Waals surface area contributed by atoms with Crippen molar-refractivity contribution in [3.63, 3.8) is 0 Å². The Morgan fingerprint density at radius 1 is 1.30 bits per heavy atom. The number of nitrogens with two attached hydrogens (primary N) is 1. The minimum atomic E-state index is -0.239. The standard InChI is InChI=1S/C13H9ClN4OS/c14-9-2-1-5-16-12(9)20-13-17-10-4-3-7(15)6-8(10)11(19)18-13/h1-6H,15H2,(H,17,18,19). The quantitative estimate of drug-likeness (QED) is 0.561. The summed E-state index contributed by atoms with van der Waals surface area (Å²) < 4.78 is 0. The van der Waals surface area contributed by atoms with Crippen LogP contribution in [0.2, 0.25) is 5.02 Å². The fourth-order valence-corrected chi connectivity index (χ4v) is 2.71. The van der Waals surface area contributed by atoms with Crippen LogP contribution in [0.1, 0.15) is 0 Å². The predicted molar refractivity (Wildman–Crippen MR) is 80.1 cm³/mol. The van der Waals surface area contributed by atoms with Crippen LogP contribution < -0.4 is 11.3 Å². The van der Waals surface area contributed by atoms with Gasteiger partial charge in [-0.15, -0.1) is 0 Å².